The van der Waals surface area contributed by atoms with Gasteiger partial charge in [0.05, 0.1) is 6.20 Å². The van der Waals surface area contributed by atoms with E-state index in [-0.39, 0.29) is 0 Å². The van der Waals surface area contributed by atoms with Gasteiger partial charge in [-0.05, 0) is 37.1 Å². The van der Waals surface area contributed by atoms with Gasteiger partial charge in [0.15, 0.2) is 0 Å². The number of rotatable bonds is 3. The van der Waals surface area contributed by atoms with Crippen LogP contribution in [-0.2, 0) is 13.6 Å². The number of hydrogen-bond acceptors (Lipinski definition) is 3. The average molecular weight is 231 g/mol. The number of aryl methyl sites for hydroxylation is 3. The van der Waals surface area contributed by atoms with Crippen molar-refractivity contribution >= 4 is 5.69 Å². The molecule has 0 saturated heterocycles. The third kappa shape index (κ3) is 2.58. The van der Waals surface area contributed by atoms with Crippen LogP contribution in [0.2, 0.25) is 0 Å². The number of aromatic hydroxyl groups is 1. The molecular formula is C13H17N3O. The number of phenolic OH excluding ortho intramolecular Hbond substituents is 1. The zero-order chi connectivity index (χ0) is 12.4. The lowest BCUT2D eigenvalue weighted by molar-refractivity contribution is 0.471. The molecule has 0 spiro atoms. The van der Waals surface area contributed by atoms with Crippen LogP contribution < -0.4 is 5.32 Å². The van der Waals surface area contributed by atoms with Gasteiger partial charge in [-0.3, -0.25) is 4.68 Å². The molecule has 4 nitrogen and oxygen atoms in total. The van der Waals surface area contributed by atoms with Gasteiger partial charge in [-0.1, -0.05) is 0 Å². The largest absolute Gasteiger partial charge is 0.508 e. The highest BCUT2D eigenvalue weighted by Crippen LogP contribution is 2.25. The van der Waals surface area contributed by atoms with Crippen LogP contribution >= 0.6 is 0 Å². The van der Waals surface area contributed by atoms with E-state index >= 15 is 0 Å². The quantitative estimate of drug-likeness (QED) is 0.797. The van der Waals surface area contributed by atoms with Crippen LogP contribution in [0, 0.1) is 13.8 Å². The van der Waals surface area contributed by atoms with E-state index in [4.69, 9.17) is 0 Å². The van der Waals surface area contributed by atoms with Crippen molar-refractivity contribution in [2.45, 2.75) is 20.4 Å². The molecule has 0 atom stereocenters. The SMILES string of the molecule is Cc1cc(NCc2cnn(C)c2)c(C)cc1O. The molecule has 0 amide bonds. The lowest BCUT2D eigenvalue weighted by Gasteiger charge is -2.10. The summed E-state index contributed by atoms with van der Waals surface area (Å²) in [5, 5.41) is 17.0. The third-order valence-corrected chi connectivity index (χ3v) is 2.78. The van der Waals surface area contributed by atoms with Gasteiger partial charge < -0.3 is 10.4 Å². The summed E-state index contributed by atoms with van der Waals surface area (Å²) >= 11 is 0. The van der Waals surface area contributed by atoms with Crippen LogP contribution in [0.3, 0.4) is 0 Å². The molecule has 1 aromatic carbocycles. The Balaban J connectivity index is 2.11. The van der Waals surface area contributed by atoms with E-state index in [9.17, 15) is 5.11 Å². The molecule has 0 fully saturated rings. The highest BCUT2D eigenvalue weighted by molar-refractivity contribution is 5.56. The van der Waals surface area contributed by atoms with Crippen LogP contribution in [-0.4, -0.2) is 14.9 Å². The molecule has 1 aromatic heterocycles. The van der Waals surface area contributed by atoms with Crippen LogP contribution in [0.4, 0.5) is 5.69 Å². The number of nitrogens with one attached hydrogen (secondary N) is 1. The minimum atomic E-state index is 0.342. The maximum Gasteiger partial charge on any atom is 0.118 e. The molecule has 0 bridgehead atoms. The molecule has 4 heteroatoms. The number of benzene rings is 1. The fourth-order valence-electron chi connectivity index (χ4n) is 1.75. The van der Waals surface area contributed by atoms with E-state index in [2.05, 4.69) is 10.4 Å². The van der Waals surface area contributed by atoms with Gasteiger partial charge in [0, 0.05) is 31.0 Å². The van der Waals surface area contributed by atoms with E-state index in [1.165, 1.54) is 0 Å². The number of phenols is 1. The Kier molecular flexibility index (Phi) is 3.04. The van der Waals surface area contributed by atoms with Crippen LogP contribution in [0.1, 0.15) is 16.7 Å². The summed E-state index contributed by atoms with van der Waals surface area (Å²) in [5.41, 5.74) is 4.10. The molecule has 2 N–H and O–H groups in total. The Hall–Kier alpha value is -1.97. The molecule has 17 heavy (non-hydrogen) atoms. The number of aromatic nitrogens is 2. The van der Waals surface area contributed by atoms with Crippen LogP contribution in [0.25, 0.3) is 0 Å². The summed E-state index contributed by atoms with van der Waals surface area (Å²) in [6.07, 6.45) is 3.82. The van der Waals surface area contributed by atoms with Crippen molar-refractivity contribution in [1.82, 2.24) is 9.78 Å². The third-order valence-electron chi connectivity index (χ3n) is 2.78. The highest BCUT2D eigenvalue weighted by atomic mass is 16.3. The first-order valence-electron chi connectivity index (χ1n) is 5.58. The van der Waals surface area contributed by atoms with Crippen molar-refractivity contribution < 1.29 is 5.11 Å². The predicted octanol–water partition coefficient (Wildman–Crippen LogP) is 2.35. The fraction of sp³-hybridized carbons (Fsp3) is 0.308. The smallest absolute Gasteiger partial charge is 0.118 e. The van der Waals surface area contributed by atoms with Crippen LogP contribution in [0.5, 0.6) is 5.75 Å². The minimum Gasteiger partial charge on any atom is -0.508 e. The lowest BCUT2D eigenvalue weighted by atomic mass is 10.1. The Morgan fingerprint density at radius 2 is 2.06 bits per heavy atom. The van der Waals surface area contributed by atoms with Gasteiger partial charge >= 0.3 is 0 Å². The summed E-state index contributed by atoms with van der Waals surface area (Å²) in [7, 11) is 1.90. The van der Waals surface area contributed by atoms with Crippen molar-refractivity contribution in [3.05, 3.63) is 41.2 Å². The zero-order valence-corrected chi connectivity index (χ0v) is 10.4. The summed E-state index contributed by atoms with van der Waals surface area (Å²) in [6.45, 7) is 4.60. The highest BCUT2D eigenvalue weighted by Gasteiger charge is 2.03. The molecular weight excluding hydrogens is 214 g/mol. The Bertz CT molecular complexity index is 531. The van der Waals surface area contributed by atoms with Gasteiger partial charge in [0.25, 0.3) is 0 Å². The Labute approximate surface area is 101 Å². The number of nitrogens with zero attached hydrogens (tertiary/aromatic N) is 2. The normalized spacial score (nSPS) is 10.5. The fourth-order valence-corrected chi connectivity index (χ4v) is 1.75. The first-order valence-corrected chi connectivity index (χ1v) is 5.58. The second-order valence-corrected chi connectivity index (χ2v) is 4.33. The van der Waals surface area contributed by atoms with Gasteiger partial charge in [-0.25, -0.2) is 0 Å². The molecule has 0 saturated carbocycles. The van der Waals surface area contributed by atoms with Crippen LogP contribution in [0.15, 0.2) is 24.5 Å². The molecule has 0 radical (unpaired) electrons. The van der Waals surface area contributed by atoms with Gasteiger partial charge in [-0.15, -0.1) is 0 Å². The second kappa shape index (κ2) is 4.49. The van der Waals surface area contributed by atoms with E-state index in [1.54, 1.807) is 10.7 Å². The molecule has 0 unspecified atom stereocenters. The zero-order valence-electron chi connectivity index (χ0n) is 10.4. The van der Waals surface area contributed by atoms with Crippen molar-refractivity contribution in [3.63, 3.8) is 0 Å². The average Bonchev–Trinajstić information content (AvgIpc) is 2.68. The van der Waals surface area contributed by atoms with E-state index in [1.807, 2.05) is 39.4 Å². The topological polar surface area (TPSA) is 50.1 Å². The van der Waals surface area contributed by atoms with E-state index in [0.717, 1.165) is 28.9 Å². The van der Waals surface area contributed by atoms with Crippen molar-refractivity contribution in [1.29, 1.82) is 0 Å². The summed E-state index contributed by atoms with van der Waals surface area (Å²) in [4.78, 5) is 0. The first-order chi connectivity index (χ1) is 8.06. The number of hydrogen-bond donors (Lipinski definition) is 2. The molecule has 2 rings (SSSR count). The number of anilines is 1. The summed E-state index contributed by atoms with van der Waals surface area (Å²) < 4.78 is 1.78. The van der Waals surface area contributed by atoms with Gasteiger partial charge in [-0.2, -0.15) is 5.10 Å². The lowest BCUT2D eigenvalue weighted by Crippen LogP contribution is -2.00. The van der Waals surface area contributed by atoms with Crippen molar-refractivity contribution in [3.8, 4) is 5.75 Å². The molecule has 1 heterocycles. The predicted molar refractivity (Wildman–Crippen MR) is 68.1 cm³/mol. The summed E-state index contributed by atoms with van der Waals surface area (Å²) in [6, 6.07) is 3.74. The Morgan fingerprint density at radius 1 is 1.29 bits per heavy atom. The molecule has 2 aromatic rings. The van der Waals surface area contributed by atoms with E-state index in [0.29, 0.717) is 5.75 Å². The standard InChI is InChI=1S/C13H17N3O/c1-9-5-13(17)10(2)4-12(9)14-6-11-7-15-16(3)8-11/h4-5,7-8,14,17H,6H2,1-3H3. The first kappa shape index (κ1) is 11.5. The summed E-state index contributed by atoms with van der Waals surface area (Å²) in [5.74, 6) is 0.342. The van der Waals surface area contributed by atoms with E-state index < -0.39 is 0 Å². The Morgan fingerprint density at radius 3 is 2.71 bits per heavy atom. The maximum absolute atomic E-state index is 9.57. The molecule has 0 aliphatic carbocycles. The maximum atomic E-state index is 9.57. The molecule has 90 valence electrons. The second-order valence-electron chi connectivity index (χ2n) is 4.33. The van der Waals surface area contributed by atoms with Gasteiger partial charge in [0.2, 0.25) is 0 Å². The molecule has 0 aliphatic rings. The monoisotopic (exact) mass is 231 g/mol. The molecule has 0 aliphatic heterocycles. The van der Waals surface area contributed by atoms with Crippen molar-refractivity contribution in [2.24, 2.45) is 7.05 Å². The van der Waals surface area contributed by atoms with Gasteiger partial charge in [0.1, 0.15) is 5.75 Å². The van der Waals surface area contributed by atoms with Crippen molar-refractivity contribution in [2.75, 3.05) is 5.32 Å². The minimum absolute atomic E-state index is 0.342.